The summed E-state index contributed by atoms with van der Waals surface area (Å²) >= 11 is 1.47. The molecule has 0 unspecified atom stereocenters. The Morgan fingerprint density at radius 1 is 1.48 bits per heavy atom. The van der Waals surface area contributed by atoms with Crippen molar-refractivity contribution in [3.05, 3.63) is 18.2 Å². The maximum absolute atomic E-state index is 12.1. The third kappa shape index (κ3) is 3.49. The van der Waals surface area contributed by atoms with Crippen LogP contribution in [0.3, 0.4) is 0 Å². The van der Waals surface area contributed by atoms with Crippen LogP contribution in [0, 0.1) is 5.92 Å². The number of nitrogens with zero attached hydrogens (tertiary/aromatic N) is 2. The zero-order chi connectivity index (χ0) is 16.6. The Balaban J connectivity index is 1.60. The minimum absolute atomic E-state index is 0.376. The van der Waals surface area contributed by atoms with E-state index in [0.29, 0.717) is 13.1 Å². The molecule has 1 fully saturated rings. The number of nitrogens with one attached hydrogen (secondary N) is 1. The number of alkyl halides is 3. The van der Waals surface area contributed by atoms with Crippen LogP contribution in [0.1, 0.15) is 0 Å². The number of ether oxygens (including phenoxy) is 1. The molecule has 124 valence electrons. The van der Waals surface area contributed by atoms with Crippen molar-refractivity contribution in [2.24, 2.45) is 5.92 Å². The summed E-state index contributed by atoms with van der Waals surface area (Å²) in [6.45, 7) is -0.537. The number of benzene rings is 1. The monoisotopic (exact) mass is 345 g/mol. The van der Waals surface area contributed by atoms with E-state index in [9.17, 15) is 18.0 Å². The summed E-state index contributed by atoms with van der Waals surface area (Å²) in [5, 5.41) is 2.67. The van der Waals surface area contributed by atoms with Gasteiger partial charge in [-0.05, 0) is 18.2 Å². The van der Waals surface area contributed by atoms with Crippen molar-refractivity contribution in [3.63, 3.8) is 0 Å². The molecule has 1 aliphatic rings. The number of carbonyl (C=O) groups excluding carboxylic acids is 1. The van der Waals surface area contributed by atoms with Gasteiger partial charge in [0.15, 0.2) is 5.13 Å². The van der Waals surface area contributed by atoms with Gasteiger partial charge < -0.3 is 15.0 Å². The molecule has 0 radical (unpaired) electrons. The van der Waals surface area contributed by atoms with E-state index in [-0.39, 0.29) is 0 Å². The maximum atomic E-state index is 12.1. The van der Waals surface area contributed by atoms with E-state index in [4.69, 9.17) is 4.74 Å². The summed E-state index contributed by atoms with van der Waals surface area (Å²) < 4.78 is 42.4. The fraction of sp³-hybridized carbons (Fsp3) is 0.429. The molecule has 3 rings (SSSR count). The molecular formula is C14H14F3N3O2S. The average molecular weight is 345 g/mol. The lowest BCUT2D eigenvalue weighted by molar-refractivity contribution is -0.141. The molecular weight excluding hydrogens is 331 g/mol. The van der Waals surface area contributed by atoms with Crippen LogP contribution in [0.5, 0.6) is 5.75 Å². The number of halogens is 3. The Kier molecular flexibility index (Phi) is 4.05. The minimum atomic E-state index is -4.38. The van der Waals surface area contributed by atoms with Crippen molar-refractivity contribution >= 4 is 32.6 Å². The molecule has 1 amide bonds. The molecule has 1 aromatic heterocycles. The van der Waals surface area contributed by atoms with Crippen LogP contribution in [0.25, 0.3) is 10.2 Å². The summed E-state index contributed by atoms with van der Waals surface area (Å²) in [4.78, 5) is 18.0. The lowest BCUT2D eigenvalue weighted by Gasteiger charge is -2.37. The van der Waals surface area contributed by atoms with E-state index in [2.05, 4.69) is 4.98 Å². The molecule has 2 heterocycles. The highest BCUT2D eigenvalue weighted by Gasteiger charge is 2.36. The fourth-order valence-corrected chi connectivity index (χ4v) is 3.30. The van der Waals surface area contributed by atoms with Gasteiger partial charge in [0.25, 0.3) is 0 Å². The van der Waals surface area contributed by atoms with Crippen LogP contribution < -0.4 is 15.0 Å². The number of amides is 1. The maximum Gasteiger partial charge on any atom is 0.405 e. The normalized spacial score (nSPS) is 15.6. The molecule has 0 atom stereocenters. The van der Waals surface area contributed by atoms with Gasteiger partial charge in [0.1, 0.15) is 12.3 Å². The third-order valence-electron chi connectivity index (χ3n) is 3.57. The van der Waals surface area contributed by atoms with Gasteiger partial charge in [0, 0.05) is 13.1 Å². The van der Waals surface area contributed by atoms with E-state index < -0.39 is 24.5 Å². The predicted octanol–water partition coefficient (Wildman–Crippen LogP) is 2.42. The molecule has 1 N–H and O–H groups in total. The predicted molar refractivity (Wildman–Crippen MR) is 80.9 cm³/mol. The molecule has 5 nitrogen and oxygen atoms in total. The standard InChI is InChI=1S/C14H14F3N3O2S/c1-22-9-2-3-10-11(4-9)23-13(19-10)20-5-8(6-20)12(21)18-7-14(15,16)17/h2-4,8H,5-7H2,1H3,(H,18,21). The van der Waals surface area contributed by atoms with E-state index in [1.165, 1.54) is 11.3 Å². The first-order valence-corrected chi connectivity index (χ1v) is 7.71. The van der Waals surface area contributed by atoms with E-state index >= 15 is 0 Å². The minimum Gasteiger partial charge on any atom is -0.497 e. The number of rotatable bonds is 4. The number of thiazole rings is 1. The second-order valence-corrected chi connectivity index (χ2v) is 6.27. The number of aromatic nitrogens is 1. The van der Waals surface area contributed by atoms with Crippen LogP contribution >= 0.6 is 11.3 Å². The topological polar surface area (TPSA) is 54.5 Å². The quantitative estimate of drug-likeness (QED) is 0.925. The Hall–Kier alpha value is -2.03. The summed E-state index contributed by atoms with van der Waals surface area (Å²) in [5.74, 6) is -0.263. The lowest BCUT2D eigenvalue weighted by atomic mass is 10.0. The lowest BCUT2D eigenvalue weighted by Crippen LogP contribution is -2.54. The highest BCUT2D eigenvalue weighted by molar-refractivity contribution is 7.22. The molecule has 0 spiro atoms. The van der Waals surface area contributed by atoms with Gasteiger partial charge in [0.05, 0.1) is 23.2 Å². The van der Waals surface area contributed by atoms with Gasteiger partial charge in [-0.25, -0.2) is 4.98 Å². The van der Waals surface area contributed by atoms with E-state index in [0.717, 1.165) is 21.1 Å². The molecule has 1 saturated heterocycles. The summed E-state index contributed by atoms with van der Waals surface area (Å²) in [6, 6.07) is 5.54. The second kappa shape index (κ2) is 5.88. The Labute approximate surface area is 134 Å². The molecule has 1 aliphatic heterocycles. The number of fused-ring (bicyclic) bond motifs is 1. The van der Waals surface area contributed by atoms with E-state index in [1.54, 1.807) is 7.11 Å². The first kappa shape index (κ1) is 15.9. The number of hydrogen-bond acceptors (Lipinski definition) is 5. The largest absolute Gasteiger partial charge is 0.497 e. The van der Waals surface area contributed by atoms with Crippen molar-refractivity contribution in [1.82, 2.24) is 10.3 Å². The van der Waals surface area contributed by atoms with Crippen molar-refractivity contribution in [2.75, 3.05) is 31.6 Å². The van der Waals surface area contributed by atoms with Crippen molar-refractivity contribution in [1.29, 1.82) is 0 Å². The van der Waals surface area contributed by atoms with Gasteiger partial charge in [-0.3, -0.25) is 4.79 Å². The van der Waals surface area contributed by atoms with Gasteiger partial charge >= 0.3 is 6.18 Å². The fourth-order valence-electron chi connectivity index (χ4n) is 2.29. The van der Waals surface area contributed by atoms with Crippen LogP contribution in [0.4, 0.5) is 18.3 Å². The van der Waals surface area contributed by atoms with Crippen LogP contribution in [0.2, 0.25) is 0 Å². The Bertz CT molecular complexity index is 726. The average Bonchev–Trinajstić information content (AvgIpc) is 2.84. The second-order valence-electron chi connectivity index (χ2n) is 5.26. The summed E-state index contributed by atoms with van der Waals surface area (Å²) in [5.41, 5.74) is 0.829. The Morgan fingerprint density at radius 3 is 2.87 bits per heavy atom. The molecule has 2 aromatic rings. The molecule has 0 bridgehead atoms. The Morgan fingerprint density at radius 2 is 2.22 bits per heavy atom. The smallest absolute Gasteiger partial charge is 0.405 e. The molecule has 0 saturated carbocycles. The number of hydrogen-bond donors (Lipinski definition) is 1. The van der Waals surface area contributed by atoms with Gasteiger partial charge in [0.2, 0.25) is 5.91 Å². The van der Waals surface area contributed by atoms with E-state index in [1.807, 2.05) is 28.4 Å². The molecule has 9 heteroatoms. The zero-order valence-corrected chi connectivity index (χ0v) is 13.0. The number of anilines is 1. The van der Waals surface area contributed by atoms with Gasteiger partial charge in [-0.1, -0.05) is 11.3 Å². The van der Waals surface area contributed by atoms with Crippen molar-refractivity contribution < 1.29 is 22.7 Å². The highest BCUT2D eigenvalue weighted by atomic mass is 32.1. The summed E-state index contributed by atoms with van der Waals surface area (Å²) in [7, 11) is 1.59. The number of carbonyl (C=O) groups is 1. The van der Waals surface area contributed by atoms with Crippen LogP contribution in [-0.2, 0) is 4.79 Å². The first-order chi connectivity index (χ1) is 10.9. The van der Waals surface area contributed by atoms with Gasteiger partial charge in [-0.15, -0.1) is 0 Å². The zero-order valence-electron chi connectivity index (χ0n) is 12.2. The first-order valence-electron chi connectivity index (χ1n) is 6.90. The third-order valence-corrected chi connectivity index (χ3v) is 4.65. The number of methoxy groups -OCH3 is 1. The molecule has 23 heavy (non-hydrogen) atoms. The van der Waals surface area contributed by atoms with Crippen molar-refractivity contribution in [3.8, 4) is 5.75 Å². The summed E-state index contributed by atoms with van der Waals surface area (Å²) in [6.07, 6.45) is -4.38. The molecule has 0 aliphatic carbocycles. The van der Waals surface area contributed by atoms with Gasteiger partial charge in [-0.2, -0.15) is 13.2 Å². The highest BCUT2D eigenvalue weighted by Crippen LogP contribution is 2.34. The van der Waals surface area contributed by atoms with Crippen LogP contribution in [0.15, 0.2) is 18.2 Å². The molecule has 1 aromatic carbocycles. The van der Waals surface area contributed by atoms with Crippen LogP contribution in [-0.4, -0.2) is 43.8 Å². The SMILES string of the molecule is COc1ccc2nc(N3CC(C(=O)NCC(F)(F)F)C3)sc2c1. The van der Waals surface area contributed by atoms with Crippen molar-refractivity contribution in [2.45, 2.75) is 6.18 Å².